The van der Waals surface area contributed by atoms with Crippen LogP contribution in [0, 0.1) is 0 Å². The second kappa shape index (κ2) is 7.50. The van der Waals surface area contributed by atoms with Gasteiger partial charge in [-0.1, -0.05) is 12.1 Å². The zero-order chi connectivity index (χ0) is 18.6. The van der Waals surface area contributed by atoms with Crippen LogP contribution < -0.4 is 5.32 Å². The largest absolute Gasteiger partial charge is 0.416 e. The number of nitrogens with one attached hydrogen (secondary N) is 1. The Bertz CT molecular complexity index is 693. The summed E-state index contributed by atoms with van der Waals surface area (Å²) in [6, 6.07) is 4.50. The normalized spacial score (nSPS) is 15.7. The lowest BCUT2D eigenvalue weighted by molar-refractivity contribution is -0.139. The Labute approximate surface area is 142 Å². The number of carbonyl (C=O) groups is 3. The Balaban J connectivity index is 1.89. The molecule has 0 atom stereocenters. The molecule has 134 valence electrons. The van der Waals surface area contributed by atoms with E-state index in [2.05, 4.69) is 5.32 Å². The molecule has 1 aromatic rings. The quantitative estimate of drug-likeness (QED) is 0.652. The van der Waals surface area contributed by atoms with Crippen molar-refractivity contribution in [2.45, 2.75) is 25.9 Å². The molecular weight excluding hydrogens is 337 g/mol. The maximum atomic E-state index is 12.5. The number of amides is 3. The van der Waals surface area contributed by atoms with Crippen LogP contribution in [0.1, 0.15) is 30.9 Å². The number of allylic oxidation sites excluding steroid dienone is 1. The van der Waals surface area contributed by atoms with Gasteiger partial charge in [-0.25, -0.2) is 0 Å². The van der Waals surface area contributed by atoms with E-state index in [1.165, 1.54) is 18.2 Å². The van der Waals surface area contributed by atoms with Crippen molar-refractivity contribution in [2.24, 2.45) is 0 Å². The van der Waals surface area contributed by atoms with Crippen molar-refractivity contribution in [3.8, 4) is 0 Å². The standard InChI is InChI=1S/C17H17F3N2O3/c1-11(12-2-4-13(5-3-12)17(18,19)20)10-14(23)21-8-9-22-15(24)6-7-16(22)25/h2-5,10H,6-9H2,1H3,(H,21,23)/b11-10-. The predicted octanol–water partition coefficient (Wildman–Crippen LogP) is 2.37. The molecule has 1 heterocycles. The minimum absolute atomic E-state index is 0.108. The molecule has 0 aliphatic carbocycles. The lowest BCUT2D eigenvalue weighted by Crippen LogP contribution is -2.37. The van der Waals surface area contributed by atoms with Crippen molar-refractivity contribution in [1.29, 1.82) is 0 Å². The van der Waals surface area contributed by atoms with Crippen molar-refractivity contribution in [3.63, 3.8) is 0 Å². The van der Waals surface area contributed by atoms with Crippen molar-refractivity contribution in [3.05, 3.63) is 41.5 Å². The Morgan fingerprint density at radius 2 is 1.72 bits per heavy atom. The fourth-order valence-electron chi connectivity index (χ4n) is 2.42. The van der Waals surface area contributed by atoms with Crippen LogP contribution in [0.3, 0.4) is 0 Å². The summed E-state index contributed by atoms with van der Waals surface area (Å²) in [5.41, 5.74) is 0.237. The number of benzene rings is 1. The van der Waals surface area contributed by atoms with Crippen LogP contribution >= 0.6 is 0 Å². The molecule has 1 saturated heterocycles. The van der Waals surface area contributed by atoms with Crippen LogP contribution in [0.25, 0.3) is 5.57 Å². The van der Waals surface area contributed by atoms with E-state index >= 15 is 0 Å². The van der Waals surface area contributed by atoms with E-state index in [9.17, 15) is 27.6 Å². The summed E-state index contributed by atoms with van der Waals surface area (Å²) in [6.45, 7) is 1.83. The van der Waals surface area contributed by atoms with Gasteiger partial charge in [0.25, 0.3) is 0 Å². The van der Waals surface area contributed by atoms with Crippen LogP contribution in [0.5, 0.6) is 0 Å². The number of hydrogen-bond donors (Lipinski definition) is 1. The number of halogens is 3. The molecule has 0 spiro atoms. The van der Waals surface area contributed by atoms with Gasteiger partial charge in [-0.2, -0.15) is 13.2 Å². The highest BCUT2D eigenvalue weighted by molar-refractivity contribution is 6.02. The summed E-state index contributed by atoms with van der Waals surface area (Å²) < 4.78 is 37.6. The first kappa shape index (κ1) is 18.7. The fourth-order valence-corrected chi connectivity index (χ4v) is 2.42. The lowest BCUT2D eigenvalue weighted by atomic mass is 10.0. The molecular formula is C17H17F3N2O3. The van der Waals surface area contributed by atoms with Gasteiger partial charge in [0.1, 0.15) is 0 Å². The van der Waals surface area contributed by atoms with Crippen LogP contribution in [-0.2, 0) is 20.6 Å². The molecule has 3 amide bonds. The first-order valence-electron chi connectivity index (χ1n) is 7.65. The number of hydrogen-bond acceptors (Lipinski definition) is 3. The molecule has 0 radical (unpaired) electrons. The highest BCUT2D eigenvalue weighted by atomic mass is 19.4. The number of carbonyl (C=O) groups excluding carboxylic acids is 3. The number of nitrogens with zero attached hydrogens (tertiary/aromatic N) is 1. The summed E-state index contributed by atoms with van der Waals surface area (Å²) >= 11 is 0. The third-order valence-corrected chi connectivity index (χ3v) is 3.80. The maximum absolute atomic E-state index is 12.5. The van der Waals surface area contributed by atoms with E-state index in [-0.39, 0.29) is 37.7 Å². The number of imide groups is 1. The minimum Gasteiger partial charge on any atom is -0.351 e. The van der Waals surface area contributed by atoms with E-state index in [0.29, 0.717) is 11.1 Å². The van der Waals surface area contributed by atoms with Crippen molar-refractivity contribution < 1.29 is 27.6 Å². The van der Waals surface area contributed by atoms with E-state index in [1.54, 1.807) is 6.92 Å². The smallest absolute Gasteiger partial charge is 0.351 e. The van der Waals surface area contributed by atoms with Crippen molar-refractivity contribution >= 4 is 23.3 Å². The Kier molecular flexibility index (Phi) is 5.61. The molecule has 2 rings (SSSR count). The Morgan fingerprint density at radius 1 is 1.16 bits per heavy atom. The average molecular weight is 354 g/mol. The molecule has 1 N–H and O–H groups in total. The first-order chi connectivity index (χ1) is 11.7. The molecule has 1 aliphatic rings. The highest BCUT2D eigenvalue weighted by Gasteiger charge is 2.30. The third-order valence-electron chi connectivity index (χ3n) is 3.80. The van der Waals surface area contributed by atoms with E-state index in [1.807, 2.05) is 0 Å². The average Bonchev–Trinajstić information content (AvgIpc) is 2.86. The van der Waals surface area contributed by atoms with Gasteiger partial charge >= 0.3 is 6.18 Å². The van der Waals surface area contributed by atoms with Gasteiger partial charge in [-0.15, -0.1) is 0 Å². The van der Waals surface area contributed by atoms with Crippen LogP contribution in [0.2, 0.25) is 0 Å². The van der Waals surface area contributed by atoms with Gasteiger partial charge in [0.15, 0.2) is 0 Å². The molecule has 0 unspecified atom stereocenters. The van der Waals surface area contributed by atoms with Gasteiger partial charge in [0.05, 0.1) is 5.56 Å². The number of alkyl halides is 3. The van der Waals surface area contributed by atoms with Crippen LogP contribution in [0.15, 0.2) is 30.3 Å². The second-order valence-electron chi connectivity index (χ2n) is 5.63. The zero-order valence-electron chi connectivity index (χ0n) is 13.5. The van der Waals surface area contributed by atoms with E-state index in [0.717, 1.165) is 17.0 Å². The van der Waals surface area contributed by atoms with Gasteiger partial charge < -0.3 is 5.32 Å². The van der Waals surface area contributed by atoms with Crippen molar-refractivity contribution in [1.82, 2.24) is 10.2 Å². The van der Waals surface area contributed by atoms with Gasteiger partial charge in [-0.05, 0) is 30.2 Å². The maximum Gasteiger partial charge on any atom is 0.416 e. The van der Waals surface area contributed by atoms with Crippen LogP contribution in [-0.4, -0.2) is 35.7 Å². The summed E-state index contributed by atoms with van der Waals surface area (Å²) in [7, 11) is 0. The van der Waals surface area contributed by atoms with Gasteiger partial charge in [0.2, 0.25) is 17.7 Å². The molecule has 1 fully saturated rings. The molecule has 5 nitrogen and oxygen atoms in total. The monoisotopic (exact) mass is 354 g/mol. The summed E-state index contributed by atoms with van der Waals surface area (Å²) in [6.07, 6.45) is -2.76. The van der Waals surface area contributed by atoms with E-state index < -0.39 is 17.6 Å². The summed E-state index contributed by atoms with van der Waals surface area (Å²) in [5, 5.41) is 2.55. The minimum atomic E-state index is -4.40. The summed E-state index contributed by atoms with van der Waals surface area (Å²) in [4.78, 5) is 35.8. The Hall–Kier alpha value is -2.64. The van der Waals surface area contributed by atoms with Gasteiger partial charge in [0, 0.05) is 32.0 Å². The highest BCUT2D eigenvalue weighted by Crippen LogP contribution is 2.29. The fraction of sp³-hybridized carbons (Fsp3) is 0.353. The molecule has 0 bridgehead atoms. The Morgan fingerprint density at radius 3 is 2.24 bits per heavy atom. The SMILES string of the molecule is C/C(=C/C(=O)NCCN1C(=O)CCC1=O)c1ccc(C(F)(F)F)cc1. The molecule has 0 saturated carbocycles. The van der Waals surface area contributed by atoms with E-state index in [4.69, 9.17) is 0 Å². The molecule has 1 aliphatic heterocycles. The zero-order valence-corrected chi connectivity index (χ0v) is 13.5. The number of rotatable bonds is 5. The third kappa shape index (κ3) is 4.91. The topological polar surface area (TPSA) is 66.5 Å². The lowest BCUT2D eigenvalue weighted by Gasteiger charge is -2.13. The second-order valence-corrected chi connectivity index (χ2v) is 5.63. The molecule has 0 aromatic heterocycles. The number of likely N-dealkylation sites (tertiary alicyclic amines) is 1. The van der Waals surface area contributed by atoms with Gasteiger partial charge in [-0.3, -0.25) is 19.3 Å². The first-order valence-corrected chi connectivity index (χ1v) is 7.65. The molecule has 25 heavy (non-hydrogen) atoms. The summed E-state index contributed by atoms with van der Waals surface area (Å²) in [5.74, 6) is -0.956. The molecule has 1 aromatic carbocycles. The van der Waals surface area contributed by atoms with Crippen LogP contribution in [0.4, 0.5) is 13.2 Å². The van der Waals surface area contributed by atoms with Crippen molar-refractivity contribution in [2.75, 3.05) is 13.1 Å². The predicted molar refractivity (Wildman–Crippen MR) is 84.1 cm³/mol. The molecule has 8 heteroatoms.